The zero-order valence-corrected chi connectivity index (χ0v) is 10.9. The lowest BCUT2D eigenvalue weighted by Crippen LogP contribution is -2.26. The highest BCUT2D eigenvalue weighted by Gasteiger charge is 2.19. The van der Waals surface area contributed by atoms with Crippen LogP contribution in [-0.4, -0.2) is 23.5 Å². The highest BCUT2D eigenvalue weighted by molar-refractivity contribution is 9.10. The van der Waals surface area contributed by atoms with Gasteiger partial charge in [0.2, 0.25) is 0 Å². The molecule has 0 amide bonds. The molecule has 0 fully saturated rings. The van der Waals surface area contributed by atoms with Crippen LogP contribution in [0, 0.1) is 0 Å². The van der Waals surface area contributed by atoms with Crippen molar-refractivity contribution in [3.05, 3.63) is 28.2 Å². The molecule has 1 atom stereocenters. The summed E-state index contributed by atoms with van der Waals surface area (Å²) in [5, 5.41) is 8.96. The molecule has 0 bridgehead atoms. The predicted octanol–water partition coefficient (Wildman–Crippen LogP) is 2.89. The molecule has 1 unspecified atom stereocenters. The number of rotatable bonds is 6. The maximum absolute atomic E-state index is 10.9. The van der Waals surface area contributed by atoms with Crippen molar-refractivity contribution >= 4 is 28.2 Å². The Hall–Kier alpha value is -1.36. The maximum atomic E-state index is 10.9. The number of carboxylic acid groups (broad SMARTS) is 1. The first-order valence-corrected chi connectivity index (χ1v) is 6.02. The van der Waals surface area contributed by atoms with Crippen LogP contribution in [0.5, 0.6) is 5.75 Å². The third kappa shape index (κ3) is 3.85. The minimum absolute atomic E-state index is 0.427. The van der Waals surface area contributed by atoms with Gasteiger partial charge in [0.15, 0.2) is 6.10 Å². The fraction of sp³-hybridized carbons (Fsp3) is 0.333. The van der Waals surface area contributed by atoms with Crippen molar-refractivity contribution in [3.8, 4) is 5.75 Å². The molecule has 0 spiro atoms. The molecule has 4 nitrogen and oxygen atoms in total. The molecule has 0 aliphatic heterocycles. The number of carbonyl (C=O) groups is 2. The van der Waals surface area contributed by atoms with Gasteiger partial charge in [0, 0.05) is 5.56 Å². The van der Waals surface area contributed by atoms with Crippen LogP contribution in [0.3, 0.4) is 0 Å². The van der Waals surface area contributed by atoms with Crippen LogP contribution in [0.25, 0.3) is 0 Å². The maximum Gasteiger partial charge on any atom is 0.344 e. The van der Waals surface area contributed by atoms with Gasteiger partial charge in [-0.05, 0) is 40.5 Å². The number of ether oxygens (including phenoxy) is 1. The van der Waals surface area contributed by atoms with Crippen LogP contribution in [0.4, 0.5) is 0 Å². The normalized spacial score (nSPS) is 11.9. The molecule has 0 heterocycles. The van der Waals surface area contributed by atoms with E-state index in [1.54, 1.807) is 18.2 Å². The summed E-state index contributed by atoms with van der Waals surface area (Å²) in [6, 6.07) is 4.75. The number of carboxylic acids is 1. The van der Waals surface area contributed by atoms with Crippen LogP contribution in [-0.2, 0) is 4.79 Å². The highest BCUT2D eigenvalue weighted by Crippen LogP contribution is 2.27. The Morgan fingerprint density at radius 1 is 1.59 bits per heavy atom. The molecular formula is C12H13BrO4. The lowest BCUT2D eigenvalue weighted by Gasteiger charge is -2.15. The fourth-order valence-corrected chi connectivity index (χ4v) is 1.82. The Morgan fingerprint density at radius 3 is 2.76 bits per heavy atom. The summed E-state index contributed by atoms with van der Waals surface area (Å²) in [6.45, 7) is 1.89. The summed E-state index contributed by atoms with van der Waals surface area (Å²) in [7, 11) is 0. The Kier molecular flexibility index (Phi) is 5.15. The van der Waals surface area contributed by atoms with E-state index in [4.69, 9.17) is 9.84 Å². The predicted molar refractivity (Wildman–Crippen MR) is 66.5 cm³/mol. The van der Waals surface area contributed by atoms with Crippen LogP contribution in [0.1, 0.15) is 30.1 Å². The molecule has 1 aromatic rings. The molecule has 0 aromatic heterocycles. The molecule has 0 radical (unpaired) electrons. The van der Waals surface area contributed by atoms with Crippen molar-refractivity contribution in [1.29, 1.82) is 0 Å². The Balaban J connectivity index is 2.85. The van der Waals surface area contributed by atoms with Gasteiger partial charge in [-0.1, -0.05) is 13.3 Å². The molecule has 92 valence electrons. The third-order valence-corrected chi connectivity index (χ3v) is 2.81. The van der Waals surface area contributed by atoms with Crippen molar-refractivity contribution in [2.24, 2.45) is 0 Å². The van der Waals surface area contributed by atoms with Crippen molar-refractivity contribution < 1.29 is 19.4 Å². The molecule has 1 N–H and O–H groups in total. The van der Waals surface area contributed by atoms with Crippen molar-refractivity contribution in [2.45, 2.75) is 25.9 Å². The Morgan fingerprint density at radius 2 is 2.29 bits per heavy atom. The summed E-state index contributed by atoms with van der Waals surface area (Å²) in [6.07, 6.45) is 1.02. The average molecular weight is 301 g/mol. The van der Waals surface area contributed by atoms with E-state index in [1.807, 2.05) is 6.92 Å². The third-order valence-electron chi connectivity index (χ3n) is 2.19. The number of aldehydes is 1. The number of aliphatic carboxylic acids is 1. The van der Waals surface area contributed by atoms with Gasteiger partial charge in [0.25, 0.3) is 0 Å². The van der Waals surface area contributed by atoms with E-state index < -0.39 is 12.1 Å². The molecule has 0 saturated carbocycles. The molecule has 0 aliphatic rings. The van der Waals surface area contributed by atoms with E-state index in [1.165, 1.54) is 0 Å². The summed E-state index contributed by atoms with van der Waals surface area (Å²) in [4.78, 5) is 21.5. The number of benzene rings is 1. The Bertz CT molecular complexity index is 417. The zero-order valence-electron chi connectivity index (χ0n) is 9.35. The van der Waals surface area contributed by atoms with Gasteiger partial charge < -0.3 is 9.84 Å². The number of hydrogen-bond acceptors (Lipinski definition) is 3. The first-order chi connectivity index (χ1) is 8.08. The van der Waals surface area contributed by atoms with Gasteiger partial charge in [0.1, 0.15) is 12.0 Å². The highest BCUT2D eigenvalue weighted by atomic mass is 79.9. The van der Waals surface area contributed by atoms with Gasteiger partial charge >= 0.3 is 5.97 Å². The topological polar surface area (TPSA) is 63.6 Å². The van der Waals surface area contributed by atoms with E-state index in [2.05, 4.69) is 15.9 Å². The van der Waals surface area contributed by atoms with E-state index in [0.717, 1.165) is 12.7 Å². The first-order valence-electron chi connectivity index (χ1n) is 5.22. The van der Waals surface area contributed by atoms with Gasteiger partial charge in [-0.15, -0.1) is 0 Å². The summed E-state index contributed by atoms with van der Waals surface area (Å²) in [5.74, 6) is -0.560. The van der Waals surface area contributed by atoms with Crippen molar-refractivity contribution in [1.82, 2.24) is 0 Å². The first kappa shape index (κ1) is 13.7. The van der Waals surface area contributed by atoms with Crippen LogP contribution < -0.4 is 4.74 Å². The summed E-state index contributed by atoms with van der Waals surface area (Å²) < 4.78 is 5.96. The monoisotopic (exact) mass is 300 g/mol. The van der Waals surface area contributed by atoms with Gasteiger partial charge in [-0.3, -0.25) is 4.79 Å². The lowest BCUT2D eigenvalue weighted by atomic mass is 10.2. The SMILES string of the molecule is CCCC(Oc1ccc(C=O)cc1Br)C(=O)O. The van der Waals surface area contributed by atoms with Gasteiger partial charge in [0.05, 0.1) is 4.47 Å². The second-order valence-electron chi connectivity index (χ2n) is 3.54. The van der Waals surface area contributed by atoms with E-state index in [9.17, 15) is 9.59 Å². The smallest absolute Gasteiger partial charge is 0.344 e. The van der Waals surface area contributed by atoms with Gasteiger partial charge in [-0.25, -0.2) is 4.79 Å². The van der Waals surface area contributed by atoms with Crippen molar-refractivity contribution in [2.75, 3.05) is 0 Å². The van der Waals surface area contributed by atoms with Gasteiger partial charge in [-0.2, -0.15) is 0 Å². The molecular weight excluding hydrogens is 288 g/mol. The zero-order chi connectivity index (χ0) is 12.8. The standard InChI is InChI=1S/C12H13BrO4/c1-2-3-11(12(15)16)17-10-5-4-8(7-14)6-9(10)13/h4-7,11H,2-3H2,1H3,(H,15,16). The number of hydrogen-bond donors (Lipinski definition) is 1. The van der Waals surface area contributed by atoms with Crippen LogP contribution in [0.2, 0.25) is 0 Å². The van der Waals surface area contributed by atoms with E-state index >= 15 is 0 Å². The second-order valence-corrected chi connectivity index (χ2v) is 4.40. The largest absolute Gasteiger partial charge is 0.479 e. The molecule has 0 aliphatic carbocycles. The minimum atomic E-state index is -0.988. The minimum Gasteiger partial charge on any atom is -0.479 e. The molecule has 0 saturated heterocycles. The molecule has 5 heteroatoms. The summed E-state index contributed by atoms with van der Waals surface area (Å²) >= 11 is 3.24. The molecule has 1 aromatic carbocycles. The number of carbonyl (C=O) groups excluding carboxylic acids is 1. The average Bonchev–Trinajstić information content (AvgIpc) is 2.30. The number of halogens is 1. The molecule has 1 rings (SSSR count). The Labute approximate surface area is 108 Å². The fourth-order valence-electron chi connectivity index (χ4n) is 1.33. The second kappa shape index (κ2) is 6.39. The van der Waals surface area contributed by atoms with Crippen LogP contribution in [0.15, 0.2) is 22.7 Å². The quantitative estimate of drug-likeness (QED) is 0.821. The lowest BCUT2D eigenvalue weighted by molar-refractivity contribution is -0.145. The summed E-state index contributed by atoms with van der Waals surface area (Å²) in [5.41, 5.74) is 0.506. The molecule has 17 heavy (non-hydrogen) atoms. The van der Waals surface area contributed by atoms with Crippen molar-refractivity contribution in [3.63, 3.8) is 0 Å². The van der Waals surface area contributed by atoms with Crippen LogP contribution >= 0.6 is 15.9 Å². The van der Waals surface area contributed by atoms with E-state index in [-0.39, 0.29) is 0 Å². The van der Waals surface area contributed by atoms with E-state index in [0.29, 0.717) is 22.2 Å².